The van der Waals surface area contributed by atoms with Crippen molar-refractivity contribution in [3.8, 4) is 33.9 Å². The highest BCUT2D eigenvalue weighted by atomic mass is 16.4. The summed E-state index contributed by atoms with van der Waals surface area (Å²) in [5, 5.41) is 11.0. The van der Waals surface area contributed by atoms with Gasteiger partial charge in [-0.3, -0.25) is 9.97 Å². The van der Waals surface area contributed by atoms with Crippen LogP contribution < -0.4 is 5.11 Å². The van der Waals surface area contributed by atoms with Crippen molar-refractivity contribution in [2.45, 2.75) is 0 Å². The molecule has 0 aliphatic rings. The Morgan fingerprint density at radius 2 is 1.22 bits per heavy atom. The first-order valence-corrected chi connectivity index (χ1v) is 8.37. The molecule has 0 bridgehead atoms. The lowest BCUT2D eigenvalue weighted by Gasteiger charge is -2.10. The number of aromatic carboxylic acids is 1. The van der Waals surface area contributed by atoms with E-state index in [2.05, 4.69) is 9.97 Å². The van der Waals surface area contributed by atoms with Crippen molar-refractivity contribution < 1.29 is 9.90 Å². The third kappa shape index (κ3) is 3.57. The van der Waals surface area contributed by atoms with Crippen LogP contribution in [0.25, 0.3) is 33.9 Å². The number of pyridine rings is 3. The molecule has 0 radical (unpaired) electrons. The first-order valence-electron chi connectivity index (χ1n) is 8.37. The summed E-state index contributed by atoms with van der Waals surface area (Å²) in [5.41, 5.74) is 4.86. The number of carbonyl (C=O) groups excluding carboxylic acids is 1. The van der Waals surface area contributed by atoms with Gasteiger partial charge in [0.1, 0.15) is 0 Å². The highest BCUT2D eigenvalue weighted by molar-refractivity contribution is 5.87. The van der Waals surface area contributed by atoms with E-state index in [9.17, 15) is 9.90 Å². The molecule has 1 aromatic carbocycles. The lowest BCUT2D eigenvalue weighted by molar-refractivity contribution is -0.255. The molecule has 0 N–H and O–H groups in total. The molecule has 0 amide bonds. The van der Waals surface area contributed by atoms with Crippen LogP contribution >= 0.6 is 0 Å². The summed E-state index contributed by atoms with van der Waals surface area (Å²) in [6, 6.07) is 21.8. The Hall–Kier alpha value is -3.86. The van der Waals surface area contributed by atoms with Crippen LogP contribution in [0.3, 0.4) is 0 Å². The fourth-order valence-electron chi connectivity index (χ4n) is 2.79. The number of hydrogen-bond acceptors (Lipinski definition) is 5. The number of nitrogens with zero attached hydrogens (tertiary/aromatic N) is 3. The second-order valence-corrected chi connectivity index (χ2v) is 5.92. The van der Waals surface area contributed by atoms with E-state index in [-0.39, 0.29) is 5.56 Å². The van der Waals surface area contributed by atoms with E-state index in [0.717, 1.165) is 33.9 Å². The van der Waals surface area contributed by atoms with Crippen LogP contribution in [0.1, 0.15) is 10.4 Å². The first kappa shape index (κ1) is 16.6. The monoisotopic (exact) mass is 352 g/mol. The van der Waals surface area contributed by atoms with Crippen LogP contribution in [0.4, 0.5) is 0 Å². The maximum Gasteiger partial charge on any atom is 0.0900 e. The number of carboxylic acids is 1. The number of benzene rings is 1. The fraction of sp³-hybridized carbons (Fsp3) is 0. The Morgan fingerprint density at radius 1 is 0.667 bits per heavy atom. The van der Waals surface area contributed by atoms with Crippen LogP contribution in [-0.2, 0) is 0 Å². The number of rotatable bonds is 4. The van der Waals surface area contributed by atoms with Gasteiger partial charge in [-0.25, -0.2) is 4.98 Å². The number of carbonyl (C=O) groups is 1. The van der Waals surface area contributed by atoms with Gasteiger partial charge in [-0.15, -0.1) is 0 Å². The Balaban J connectivity index is 1.86. The summed E-state index contributed by atoms with van der Waals surface area (Å²) < 4.78 is 0. The minimum atomic E-state index is -1.19. The topological polar surface area (TPSA) is 78.8 Å². The van der Waals surface area contributed by atoms with E-state index in [1.165, 1.54) is 12.1 Å². The molecule has 3 aromatic heterocycles. The molecular weight excluding hydrogens is 338 g/mol. The number of hydrogen-bond donors (Lipinski definition) is 0. The molecule has 5 heteroatoms. The molecule has 5 nitrogen and oxygen atoms in total. The van der Waals surface area contributed by atoms with Crippen molar-refractivity contribution in [1.29, 1.82) is 0 Å². The van der Waals surface area contributed by atoms with Crippen molar-refractivity contribution in [2.75, 3.05) is 0 Å². The minimum absolute atomic E-state index is 0.141. The zero-order valence-corrected chi connectivity index (χ0v) is 14.2. The van der Waals surface area contributed by atoms with Crippen LogP contribution in [0, 0.1) is 0 Å². The van der Waals surface area contributed by atoms with E-state index < -0.39 is 5.97 Å². The Bertz CT molecular complexity index is 1020. The SMILES string of the molecule is O=C([O-])c1ccc(-c2cc(-c3ccccn3)nc(-c3ccccn3)c2)cc1. The summed E-state index contributed by atoms with van der Waals surface area (Å²) >= 11 is 0. The molecule has 0 aliphatic carbocycles. The number of aromatic nitrogens is 3. The molecule has 0 fully saturated rings. The second kappa shape index (κ2) is 7.17. The van der Waals surface area contributed by atoms with Gasteiger partial charge in [-0.2, -0.15) is 0 Å². The van der Waals surface area contributed by atoms with Crippen LogP contribution in [-0.4, -0.2) is 20.9 Å². The van der Waals surface area contributed by atoms with Gasteiger partial charge in [0.15, 0.2) is 0 Å². The normalized spacial score (nSPS) is 10.5. The third-order valence-electron chi connectivity index (χ3n) is 4.13. The third-order valence-corrected chi connectivity index (χ3v) is 4.13. The van der Waals surface area contributed by atoms with Crippen molar-refractivity contribution in [3.63, 3.8) is 0 Å². The standard InChI is InChI=1S/C22H15N3O2/c26-22(27)16-9-7-15(8-10-16)17-13-20(18-5-1-3-11-23-18)25-21(14-17)19-6-2-4-12-24-19/h1-14H,(H,26,27)/p-1. The molecule has 0 unspecified atom stereocenters. The zero-order chi connectivity index (χ0) is 18.6. The molecule has 27 heavy (non-hydrogen) atoms. The predicted molar refractivity (Wildman–Crippen MR) is 100 cm³/mol. The highest BCUT2D eigenvalue weighted by Crippen LogP contribution is 2.28. The maximum absolute atomic E-state index is 11.0. The van der Waals surface area contributed by atoms with E-state index in [1.54, 1.807) is 24.5 Å². The quantitative estimate of drug-likeness (QED) is 0.563. The van der Waals surface area contributed by atoms with Crippen molar-refractivity contribution in [1.82, 2.24) is 15.0 Å². The van der Waals surface area contributed by atoms with Gasteiger partial charge in [0.05, 0.1) is 28.7 Å². The van der Waals surface area contributed by atoms with Crippen molar-refractivity contribution >= 4 is 5.97 Å². The highest BCUT2D eigenvalue weighted by Gasteiger charge is 2.10. The number of carboxylic acid groups (broad SMARTS) is 1. The van der Waals surface area contributed by atoms with Crippen molar-refractivity contribution in [3.05, 3.63) is 90.8 Å². The molecule has 0 saturated heterocycles. The lowest BCUT2D eigenvalue weighted by Crippen LogP contribution is -2.21. The Labute approximate surface area is 156 Å². The molecule has 130 valence electrons. The van der Waals surface area contributed by atoms with Gasteiger partial charge in [0.2, 0.25) is 0 Å². The van der Waals surface area contributed by atoms with Gasteiger partial charge in [0.25, 0.3) is 0 Å². The minimum Gasteiger partial charge on any atom is -0.545 e. The largest absolute Gasteiger partial charge is 0.545 e. The van der Waals surface area contributed by atoms with Crippen LogP contribution in [0.2, 0.25) is 0 Å². The first-order chi connectivity index (χ1) is 13.2. The van der Waals surface area contributed by atoms with E-state index in [1.807, 2.05) is 48.5 Å². The summed E-state index contributed by atoms with van der Waals surface area (Å²) in [5.74, 6) is -1.19. The molecule has 4 rings (SSSR count). The van der Waals surface area contributed by atoms with Crippen molar-refractivity contribution in [2.24, 2.45) is 0 Å². The van der Waals surface area contributed by atoms with Crippen LogP contribution in [0.5, 0.6) is 0 Å². The second-order valence-electron chi connectivity index (χ2n) is 5.92. The zero-order valence-electron chi connectivity index (χ0n) is 14.2. The maximum atomic E-state index is 11.0. The predicted octanol–water partition coefficient (Wildman–Crippen LogP) is 3.24. The average molecular weight is 352 g/mol. The van der Waals surface area contributed by atoms with Gasteiger partial charge in [-0.1, -0.05) is 36.4 Å². The molecule has 0 atom stereocenters. The molecule has 0 spiro atoms. The smallest absolute Gasteiger partial charge is 0.0900 e. The summed E-state index contributed by atoms with van der Waals surface area (Å²) in [4.78, 5) is 24.5. The van der Waals surface area contributed by atoms with Gasteiger partial charge in [0, 0.05) is 12.4 Å². The average Bonchev–Trinajstić information content (AvgIpc) is 2.75. The molecule has 4 aromatic rings. The van der Waals surface area contributed by atoms with E-state index in [4.69, 9.17) is 4.98 Å². The van der Waals surface area contributed by atoms with Gasteiger partial charge in [-0.05, 0) is 53.1 Å². The van der Waals surface area contributed by atoms with Gasteiger partial charge < -0.3 is 9.90 Å². The molecule has 0 aliphatic heterocycles. The van der Waals surface area contributed by atoms with E-state index in [0.29, 0.717) is 0 Å². The van der Waals surface area contributed by atoms with E-state index >= 15 is 0 Å². The Kier molecular flexibility index (Phi) is 4.41. The fourth-order valence-corrected chi connectivity index (χ4v) is 2.79. The van der Waals surface area contributed by atoms with Crippen LogP contribution in [0.15, 0.2) is 85.2 Å². The molecular formula is C22H14N3O2-. The summed E-state index contributed by atoms with van der Waals surface area (Å²) in [6.07, 6.45) is 3.44. The summed E-state index contributed by atoms with van der Waals surface area (Å²) in [7, 11) is 0. The van der Waals surface area contributed by atoms with Gasteiger partial charge >= 0.3 is 0 Å². The Morgan fingerprint density at radius 3 is 1.67 bits per heavy atom. The molecule has 0 saturated carbocycles. The molecule has 3 heterocycles. The lowest BCUT2D eigenvalue weighted by atomic mass is 10.0. The summed E-state index contributed by atoms with van der Waals surface area (Å²) in [6.45, 7) is 0.